The van der Waals surface area contributed by atoms with Crippen molar-refractivity contribution >= 4 is 28.0 Å². The topological polar surface area (TPSA) is 35.5 Å². The lowest BCUT2D eigenvalue weighted by atomic mass is 10.0. The monoisotopic (exact) mass is 350 g/mol. The van der Waals surface area contributed by atoms with Crippen LogP contribution in [0, 0.1) is 0 Å². The van der Waals surface area contributed by atoms with Crippen LogP contribution in [0.2, 0.25) is 0 Å². The van der Waals surface area contributed by atoms with Crippen LogP contribution in [-0.2, 0) is 9.53 Å². The summed E-state index contributed by atoms with van der Waals surface area (Å²) in [7, 11) is 0. The third-order valence-corrected chi connectivity index (χ3v) is 3.12. The van der Waals surface area contributed by atoms with Crippen LogP contribution in [-0.4, -0.2) is 24.9 Å². The Morgan fingerprint density at radius 1 is 1.45 bits per heavy atom. The quantitative estimate of drug-likeness (QED) is 0.762. The zero-order chi connectivity index (χ0) is 14.9. The fourth-order valence-corrected chi connectivity index (χ4v) is 2.13. The average molecular weight is 351 g/mol. The van der Waals surface area contributed by atoms with E-state index in [1.165, 1.54) is 13.0 Å². The number of esters is 1. The molecule has 1 unspecified atom stereocenters. The molecule has 108 valence electrons. The predicted octanol–water partition coefficient (Wildman–Crippen LogP) is 3.72. The Morgan fingerprint density at radius 2 is 2.15 bits per heavy atom. The van der Waals surface area contributed by atoms with Crippen LogP contribution in [0.3, 0.4) is 0 Å². The van der Waals surface area contributed by atoms with Crippen molar-refractivity contribution in [2.75, 3.05) is 6.61 Å². The van der Waals surface area contributed by atoms with Crippen LogP contribution < -0.4 is 4.74 Å². The summed E-state index contributed by atoms with van der Waals surface area (Å²) in [4.78, 5) is 11.7. The Bertz CT molecular complexity index is 566. The van der Waals surface area contributed by atoms with Crippen molar-refractivity contribution < 1.29 is 27.4 Å². The van der Waals surface area contributed by atoms with E-state index in [0.717, 1.165) is 6.08 Å². The maximum atomic E-state index is 13.0. The van der Waals surface area contributed by atoms with Crippen molar-refractivity contribution in [1.29, 1.82) is 0 Å². The third-order valence-electron chi connectivity index (χ3n) is 2.62. The van der Waals surface area contributed by atoms with Crippen LogP contribution >= 0.6 is 15.9 Å². The van der Waals surface area contributed by atoms with Crippen molar-refractivity contribution in [2.45, 2.75) is 19.2 Å². The molecule has 1 aliphatic heterocycles. The van der Waals surface area contributed by atoms with E-state index in [0.29, 0.717) is 10.0 Å². The zero-order valence-electron chi connectivity index (χ0n) is 10.3. The summed E-state index contributed by atoms with van der Waals surface area (Å²) < 4.78 is 49.2. The summed E-state index contributed by atoms with van der Waals surface area (Å²) in [5.41, 5.74) is -0.147. The molecule has 1 atom stereocenters. The molecule has 1 aliphatic rings. The number of carbonyl (C=O) groups excluding carboxylic acids is 1. The second-order valence-corrected chi connectivity index (χ2v) is 4.96. The molecule has 0 radical (unpaired) electrons. The van der Waals surface area contributed by atoms with E-state index in [4.69, 9.17) is 4.74 Å². The largest absolute Gasteiger partial charge is 0.475 e. The molecule has 1 aromatic rings. The van der Waals surface area contributed by atoms with Gasteiger partial charge in [0.1, 0.15) is 5.75 Å². The van der Waals surface area contributed by atoms with E-state index >= 15 is 0 Å². The molecule has 0 saturated carbocycles. The molecule has 7 heteroatoms. The van der Waals surface area contributed by atoms with Crippen molar-refractivity contribution in [1.82, 2.24) is 0 Å². The number of hydrogen-bond acceptors (Lipinski definition) is 3. The van der Waals surface area contributed by atoms with Gasteiger partial charge in [-0.05, 0) is 25.1 Å². The zero-order valence-corrected chi connectivity index (χ0v) is 11.9. The number of benzene rings is 1. The first-order valence-electron chi connectivity index (χ1n) is 5.74. The van der Waals surface area contributed by atoms with Gasteiger partial charge in [-0.25, -0.2) is 4.79 Å². The van der Waals surface area contributed by atoms with Crippen LogP contribution in [0.1, 0.15) is 12.5 Å². The fraction of sp³-hybridized carbons (Fsp3) is 0.308. The van der Waals surface area contributed by atoms with E-state index in [-0.39, 0.29) is 12.4 Å². The second kappa shape index (κ2) is 5.47. The molecule has 0 saturated heterocycles. The SMILES string of the molecule is CCOC(=O)C1=Cc2ccc(Br)cc2OC1C(F)(F)F. The van der Waals surface area contributed by atoms with Crippen LogP contribution in [0.15, 0.2) is 28.2 Å². The first kappa shape index (κ1) is 14.9. The number of rotatable bonds is 2. The lowest BCUT2D eigenvalue weighted by Crippen LogP contribution is -2.40. The smallest absolute Gasteiger partial charge is 0.430 e. The van der Waals surface area contributed by atoms with Gasteiger partial charge in [0.25, 0.3) is 0 Å². The number of halogens is 4. The molecular weight excluding hydrogens is 341 g/mol. The molecule has 0 fully saturated rings. The molecule has 0 amide bonds. The number of hydrogen-bond donors (Lipinski definition) is 0. The Kier molecular flexibility index (Phi) is 4.08. The Labute approximate surface area is 121 Å². The first-order chi connectivity index (χ1) is 9.32. The number of ether oxygens (including phenoxy) is 2. The van der Waals surface area contributed by atoms with Gasteiger partial charge in [-0.2, -0.15) is 13.2 Å². The second-order valence-electron chi connectivity index (χ2n) is 4.04. The van der Waals surface area contributed by atoms with Crippen molar-refractivity contribution in [3.63, 3.8) is 0 Å². The molecule has 0 spiro atoms. The van der Waals surface area contributed by atoms with Gasteiger partial charge in [0.05, 0.1) is 12.2 Å². The summed E-state index contributed by atoms with van der Waals surface area (Å²) in [6, 6.07) is 4.63. The minimum Gasteiger partial charge on any atom is -0.475 e. The van der Waals surface area contributed by atoms with Crippen molar-refractivity contribution in [3.05, 3.63) is 33.8 Å². The highest BCUT2D eigenvalue weighted by Crippen LogP contribution is 2.38. The summed E-state index contributed by atoms with van der Waals surface area (Å²) in [5, 5.41) is 0. The Hall–Kier alpha value is -1.50. The highest BCUT2D eigenvalue weighted by molar-refractivity contribution is 9.10. The Morgan fingerprint density at radius 3 is 2.75 bits per heavy atom. The minimum absolute atomic E-state index is 0.00601. The molecule has 0 bridgehead atoms. The highest BCUT2D eigenvalue weighted by Gasteiger charge is 2.48. The van der Waals surface area contributed by atoms with E-state index in [1.807, 2.05) is 0 Å². The average Bonchev–Trinajstić information content (AvgIpc) is 2.36. The molecule has 0 aromatic heterocycles. The lowest BCUT2D eigenvalue weighted by Gasteiger charge is -2.27. The van der Waals surface area contributed by atoms with E-state index in [9.17, 15) is 18.0 Å². The van der Waals surface area contributed by atoms with Gasteiger partial charge in [-0.15, -0.1) is 0 Å². The fourth-order valence-electron chi connectivity index (χ4n) is 1.79. The molecule has 0 aliphatic carbocycles. The van der Waals surface area contributed by atoms with Gasteiger partial charge in [-0.1, -0.05) is 22.0 Å². The van der Waals surface area contributed by atoms with Gasteiger partial charge in [0.2, 0.25) is 6.10 Å². The summed E-state index contributed by atoms with van der Waals surface area (Å²) in [6.07, 6.45) is -5.86. The summed E-state index contributed by atoms with van der Waals surface area (Å²) in [6.45, 7) is 1.52. The van der Waals surface area contributed by atoms with Gasteiger partial charge >= 0.3 is 12.1 Å². The molecule has 1 heterocycles. The molecule has 2 rings (SSSR count). The molecule has 3 nitrogen and oxygen atoms in total. The summed E-state index contributed by atoms with van der Waals surface area (Å²) in [5.74, 6) is -0.960. The molecular formula is C13H10BrF3O3. The van der Waals surface area contributed by atoms with Gasteiger partial charge in [0.15, 0.2) is 0 Å². The maximum Gasteiger partial charge on any atom is 0.430 e. The molecule has 20 heavy (non-hydrogen) atoms. The highest BCUT2D eigenvalue weighted by atomic mass is 79.9. The van der Waals surface area contributed by atoms with Crippen LogP contribution in [0.25, 0.3) is 6.08 Å². The van der Waals surface area contributed by atoms with Gasteiger partial charge in [-0.3, -0.25) is 0 Å². The number of alkyl halides is 3. The van der Waals surface area contributed by atoms with Gasteiger partial charge < -0.3 is 9.47 Å². The molecule has 1 aromatic carbocycles. The number of fused-ring (bicyclic) bond motifs is 1. The summed E-state index contributed by atoms with van der Waals surface area (Å²) >= 11 is 3.16. The minimum atomic E-state index is -4.70. The van der Waals surface area contributed by atoms with E-state index < -0.39 is 23.8 Å². The predicted molar refractivity (Wildman–Crippen MR) is 69.2 cm³/mol. The third kappa shape index (κ3) is 2.98. The van der Waals surface area contributed by atoms with Crippen molar-refractivity contribution in [3.8, 4) is 5.75 Å². The van der Waals surface area contributed by atoms with Crippen LogP contribution in [0.5, 0.6) is 5.75 Å². The standard InChI is InChI=1S/C13H10BrF3O3/c1-2-19-12(18)9-5-7-3-4-8(14)6-10(7)20-11(9)13(15,16)17/h3-6,11H,2H2,1H3. The van der Waals surface area contributed by atoms with Crippen molar-refractivity contribution in [2.24, 2.45) is 0 Å². The van der Waals surface area contributed by atoms with Gasteiger partial charge in [0, 0.05) is 10.0 Å². The molecule has 0 N–H and O–H groups in total. The maximum absolute atomic E-state index is 13.0. The van der Waals surface area contributed by atoms with Crippen LogP contribution in [0.4, 0.5) is 13.2 Å². The van der Waals surface area contributed by atoms with E-state index in [2.05, 4.69) is 20.7 Å². The lowest BCUT2D eigenvalue weighted by molar-refractivity contribution is -0.187. The first-order valence-corrected chi connectivity index (χ1v) is 6.54. The normalized spacial score (nSPS) is 17.9. The Balaban J connectivity index is 2.47. The van der Waals surface area contributed by atoms with E-state index in [1.54, 1.807) is 12.1 Å². The number of carbonyl (C=O) groups is 1.